The van der Waals surface area contributed by atoms with Gasteiger partial charge in [0.05, 0.1) is 19.4 Å². The highest BCUT2D eigenvalue weighted by molar-refractivity contribution is 9.10. The summed E-state index contributed by atoms with van der Waals surface area (Å²) in [6.45, 7) is 2.29. The lowest BCUT2D eigenvalue weighted by atomic mass is 10.2. The van der Waals surface area contributed by atoms with E-state index in [0.29, 0.717) is 37.6 Å². The van der Waals surface area contributed by atoms with E-state index in [1.54, 1.807) is 41.3 Å². The number of amides is 2. The molecule has 31 heavy (non-hydrogen) atoms. The normalized spacial score (nSPS) is 14.2. The number of furan rings is 1. The van der Waals surface area contributed by atoms with E-state index in [2.05, 4.69) is 26.5 Å². The maximum Gasteiger partial charge on any atom is 0.307 e. The maximum absolute atomic E-state index is 12.2. The van der Waals surface area contributed by atoms with Gasteiger partial charge in [-0.1, -0.05) is 15.9 Å². The molecule has 0 aliphatic carbocycles. The second-order valence-electron chi connectivity index (χ2n) is 6.84. The van der Waals surface area contributed by atoms with Crippen LogP contribution in [0.1, 0.15) is 16.1 Å². The molecule has 1 fully saturated rings. The Bertz CT molecular complexity index is 1100. The predicted molar refractivity (Wildman–Crippen MR) is 118 cm³/mol. The van der Waals surface area contributed by atoms with Crippen LogP contribution in [0.2, 0.25) is 0 Å². The van der Waals surface area contributed by atoms with Crippen molar-refractivity contribution in [1.29, 1.82) is 0 Å². The second kappa shape index (κ2) is 9.76. The molecule has 4 rings (SSSR count). The lowest BCUT2D eigenvalue weighted by molar-refractivity contribution is -0.137. The van der Waals surface area contributed by atoms with Gasteiger partial charge in [-0.25, -0.2) is 5.43 Å². The fraction of sp³-hybridized carbons (Fsp3) is 0.227. The predicted octanol–water partition coefficient (Wildman–Crippen LogP) is 3.20. The highest BCUT2D eigenvalue weighted by Gasteiger charge is 2.17. The molecule has 0 spiro atoms. The fourth-order valence-electron chi connectivity index (χ4n) is 3.05. The molecule has 8 nitrogen and oxygen atoms in total. The molecule has 2 amide bonds. The Morgan fingerprint density at radius 3 is 2.68 bits per heavy atom. The van der Waals surface area contributed by atoms with Crippen LogP contribution < -0.4 is 10.2 Å². The maximum atomic E-state index is 12.2. The topological polar surface area (TPSA) is 93.4 Å². The van der Waals surface area contributed by atoms with Gasteiger partial charge in [-0.15, -0.1) is 0 Å². The standard InChI is InChI=1S/C22H20BrN3O5/c23-17-3-6-19-16(11-17)12-20(31-19)22(28)25-24-13-15-1-4-18(5-2-15)30-14-21(27)26-7-9-29-10-8-26/h1-6,11-13H,7-10,14H2,(H,25,28)/b24-13-. The van der Waals surface area contributed by atoms with Gasteiger partial charge in [0.2, 0.25) is 0 Å². The number of carbonyl (C=O) groups excluding carboxylic acids is 2. The third-order valence-electron chi connectivity index (χ3n) is 4.69. The van der Waals surface area contributed by atoms with Crippen molar-refractivity contribution in [2.75, 3.05) is 32.9 Å². The number of fused-ring (bicyclic) bond motifs is 1. The minimum absolute atomic E-state index is 0.0163. The van der Waals surface area contributed by atoms with E-state index in [0.717, 1.165) is 15.4 Å². The Morgan fingerprint density at radius 1 is 1.13 bits per heavy atom. The van der Waals surface area contributed by atoms with E-state index < -0.39 is 5.91 Å². The molecule has 1 aromatic heterocycles. The number of hydrogen-bond donors (Lipinski definition) is 1. The molecular weight excluding hydrogens is 466 g/mol. The van der Waals surface area contributed by atoms with Crippen LogP contribution in [0.15, 0.2) is 62.5 Å². The van der Waals surface area contributed by atoms with Crippen molar-refractivity contribution in [1.82, 2.24) is 10.3 Å². The number of nitrogens with zero attached hydrogens (tertiary/aromatic N) is 2. The molecule has 1 N–H and O–H groups in total. The molecule has 9 heteroatoms. The summed E-state index contributed by atoms with van der Waals surface area (Å²) in [5, 5.41) is 4.79. The summed E-state index contributed by atoms with van der Waals surface area (Å²) in [6.07, 6.45) is 1.51. The minimum Gasteiger partial charge on any atom is -0.484 e. The zero-order chi connectivity index (χ0) is 21.6. The van der Waals surface area contributed by atoms with Crippen LogP contribution in [-0.4, -0.2) is 55.8 Å². The molecule has 0 saturated carbocycles. The summed E-state index contributed by atoms with van der Waals surface area (Å²) in [6, 6.07) is 14.2. The minimum atomic E-state index is -0.440. The van der Waals surface area contributed by atoms with Crippen molar-refractivity contribution in [2.45, 2.75) is 0 Å². The molecule has 160 valence electrons. The first-order chi connectivity index (χ1) is 15.1. The molecule has 0 bridgehead atoms. The van der Waals surface area contributed by atoms with Gasteiger partial charge in [-0.3, -0.25) is 9.59 Å². The van der Waals surface area contributed by atoms with Crippen LogP contribution in [0.5, 0.6) is 5.75 Å². The first kappa shape index (κ1) is 21.1. The molecule has 1 saturated heterocycles. The van der Waals surface area contributed by atoms with Gasteiger partial charge in [-0.05, 0) is 54.1 Å². The van der Waals surface area contributed by atoms with Crippen molar-refractivity contribution in [2.24, 2.45) is 5.10 Å². The van der Waals surface area contributed by atoms with Crippen LogP contribution in [0.3, 0.4) is 0 Å². The van der Waals surface area contributed by atoms with Gasteiger partial charge in [0.15, 0.2) is 12.4 Å². The lowest BCUT2D eigenvalue weighted by Gasteiger charge is -2.26. The van der Waals surface area contributed by atoms with Crippen molar-refractivity contribution >= 4 is 44.9 Å². The zero-order valence-corrected chi connectivity index (χ0v) is 18.1. The third kappa shape index (κ3) is 5.50. The molecular formula is C22H20BrN3O5. The van der Waals surface area contributed by atoms with Gasteiger partial charge < -0.3 is 18.8 Å². The monoisotopic (exact) mass is 485 g/mol. The number of hydrazone groups is 1. The summed E-state index contributed by atoms with van der Waals surface area (Å²) in [5.41, 5.74) is 3.84. The van der Waals surface area contributed by atoms with Crippen LogP contribution in [0, 0.1) is 0 Å². The van der Waals surface area contributed by atoms with Crippen molar-refractivity contribution in [3.05, 3.63) is 64.3 Å². The van der Waals surface area contributed by atoms with E-state index in [1.807, 2.05) is 12.1 Å². The smallest absolute Gasteiger partial charge is 0.307 e. The Morgan fingerprint density at radius 2 is 1.90 bits per heavy atom. The molecule has 2 heterocycles. The highest BCUT2D eigenvalue weighted by atomic mass is 79.9. The van der Waals surface area contributed by atoms with Gasteiger partial charge in [-0.2, -0.15) is 5.10 Å². The Kier molecular flexibility index (Phi) is 6.63. The van der Waals surface area contributed by atoms with Gasteiger partial charge in [0, 0.05) is 22.9 Å². The molecule has 1 aliphatic heterocycles. The average molecular weight is 486 g/mol. The van der Waals surface area contributed by atoms with Crippen LogP contribution in [-0.2, 0) is 9.53 Å². The summed E-state index contributed by atoms with van der Waals surface area (Å²) in [7, 11) is 0. The molecule has 3 aromatic rings. The Labute approximate surface area is 186 Å². The molecule has 0 unspecified atom stereocenters. The third-order valence-corrected chi connectivity index (χ3v) is 5.18. The first-order valence-corrected chi connectivity index (χ1v) is 10.5. The van der Waals surface area contributed by atoms with Crippen LogP contribution in [0.25, 0.3) is 11.0 Å². The highest BCUT2D eigenvalue weighted by Crippen LogP contribution is 2.23. The quantitative estimate of drug-likeness (QED) is 0.427. The summed E-state index contributed by atoms with van der Waals surface area (Å²) >= 11 is 3.39. The summed E-state index contributed by atoms with van der Waals surface area (Å²) in [5.74, 6) is 0.259. The molecule has 0 atom stereocenters. The van der Waals surface area contributed by atoms with E-state index in [9.17, 15) is 9.59 Å². The van der Waals surface area contributed by atoms with Crippen LogP contribution in [0.4, 0.5) is 0 Å². The SMILES string of the molecule is O=C(N/N=C\c1ccc(OCC(=O)N2CCOCC2)cc1)c1cc2cc(Br)ccc2o1. The second-order valence-corrected chi connectivity index (χ2v) is 7.76. The number of morpholine rings is 1. The number of ether oxygens (including phenoxy) is 2. The number of hydrogen-bond acceptors (Lipinski definition) is 6. The van der Waals surface area contributed by atoms with Crippen molar-refractivity contribution in [3.8, 4) is 5.75 Å². The molecule has 0 radical (unpaired) electrons. The number of halogens is 1. The first-order valence-electron chi connectivity index (χ1n) is 9.69. The largest absolute Gasteiger partial charge is 0.484 e. The molecule has 2 aromatic carbocycles. The van der Waals surface area contributed by atoms with E-state index in [1.165, 1.54) is 6.21 Å². The average Bonchev–Trinajstić information content (AvgIpc) is 3.22. The van der Waals surface area contributed by atoms with Crippen molar-refractivity contribution < 1.29 is 23.5 Å². The number of carbonyl (C=O) groups is 2. The van der Waals surface area contributed by atoms with Gasteiger partial charge in [0.25, 0.3) is 5.91 Å². The number of rotatable bonds is 6. The summed E-state index contributed by atoms with van der Waals surface area (Å²) in [4.78, 5) is 26.1. The van der Waals surface area contributed by atoms with Gasteiger partial charge in [0.1, 0.15) is 11.3 Å². The van der Waals surface area contributed by atoms with E-state index in [4.69, 9.17) is 13.9 Å². The fourth-order valence-corrected chi connectivity index (χ4v) is 3.42. The van der Waals surface area contributed by atoms with Crippen molar-refractivity contribution in [3.63, 3.8) is 0 Å². The van der Waals surface area contributed by atoms with Gasteiger partial charge >= 0.3 is 5.91 Å². The lowest BCUT2D eigenvalue weighted by Crippen LogP contribution is -2.42. The van der Waals surface area contributed by atoms with E-state index in [-0.39, 0.29) is 18.3 Å². The Hall–Kier alpha value is -3.17. The zero-order valence-electron chi connectivity index (χ0n) is 16.5. The summed E-state index contributed by atoms with van der Waals surface area (Å²) < 4.78 is 17.2. The Balaban J connectivity index is 1.27. The van der Waals surface area contributed by atoms with E-state index >= 15 is 0 Å². The number of nitrogens with one attached hydrogen (secondary N) is 1. The van der Waals surface area contributed by atoms with Crippen LogP contribution >= 0.6 is 15.9 Å². The molecule has 1 aliphatic rings. The number of benzene rings is 2.